The molecule has 1 aromatic rings. The van der Waals surface area contributed by atoms with Crippen molar-refractivity contribution in [3.63, 3.8) is 0 Å². The Labute approximate surface area is 141 Å². The van der Waals surface area contributed by atoms with E-state index in [0.29, 0.717) is 10.7 Å². The number of nitrogens with one attached hydrogen (secondary N) is 1. The van der Waals surface area contributed by atoms with E-state index in [4.69, 9.17) is 17.0 Å². The van der Waals surface area contributed by atoms with E-state index in [0.717, 1.165) is 49.0 Å². The lowest BCUT2D eigenvalue weighted by molar-refractivity contribution is 0.0602. The Morgan fingerprint density at radius 1 is 1.36 bits per heavy atom. The molecule has 0 spiro atoms. The maximum atomic E-state index is 11.9. The maximum Gasteiger partial charge on any atom is 0.340 e. The normalized spacial score (nSPS) is 15.7. The summed E-state index contributed by atoms with van der Waals surface area (Å²) in [6.45, 7) is 9.19. The van der Waals surface area contributed by atoms with Crippen molar-refractivity contribution in [1.82, 2.24) is 9.80 Å². The Morgan fingerprint density at radius 2 is 2.05 bits per heavy atom. The molecule has 0 aliphatic carbocycles. The first-order valence-electron chi connectivity index (χ1n) is 7.58. The lowest BCUT2D eigenvalue weighted by atomic mass is 10.2. The lowest BCUT2D eigenvalue weighted by Gasteiger charge is -2.35. The molecule has 7 heteroatoms. The van der Waals surface area contributed by atoms with E-state index < -0.39 is 0 Å². The molecule has 2 heterocycles. The number of rotatable bonds is 4. The average Bonchev–Trinajstić information content (AvgIpc) is 2.97. The highest BCUT2D eigenvalue weighted by molar-refractivity contribution is 7.80. The fraction of sp³-hybridized carbons (Fsp3) is 0.600. The van der Waals surface area contributed by atoms with Gasteiger partial charge in [0.2, 0.25) is 0 Å². The Balaban J connectivity index is 2.05. The molecular formula is C15H23N3O2S2. The highest BCUT2D eigenvalue weighted by Gasteiger charge is 2.21. The van der Waals surface area contributed by atoms with E-state index in [9.17, 15) is 4.79 Å². The number of carbonyl (C=O) groups excluding carboxylic acids is 1. The second kappa shape index (κ2) is 7.89. The van der Waals surface area contributed by atoms with Gasteiger partial charge < -0.3 is 19.9 Å². The van der Waals surface area contributed by atoms with Gasteiger partial charge in [0.15, 0.2) is 5.11 Å². The largest absolute Gasteiger partial charge is 0.465 e. The van der Waals surface area contributed by atoms with Gasteiger partial charge in [-0.1, -0.05) is 13.8 Å². The number of methoxy groups -OCH3 is 1. The molecule has 0 radical (unpaired) electrons. The van der Waals surface area contributed by atoms with Crippen LogP contribution in [0.5, 0.6) is 0 Å². The van der Waals surface area contributed by atoms with E-state index in [-0.39, 0.29) is 5.97 Å². The van der Waals surface area contributed by atoms with Crippen molar-refractivity contribution in [2.24, 2.45) is 0 Å². The average molecular weight is 342 g/mol. The molecule has 22 heavy (non-hydrogen) atoms. The van der Waals surface area contributed by atoms with Gasteiger partial charge in [-0.05, 0) is 31.2 Å². The molecule has 1 aliphatic heterocycles. The number of aryl methyl sites for hydroxylation is 1. The highest BCUT2D eigenvalue weighted by atomic mass is 32.1. The molecule has 1 fully saturated rings. The van der Waals surface area contributed by atoms with Gasteiger partial charge in [-0.2, -0.15) is 0 Å². The number of thiocarbonyl (C=S) groups is 1. The summed E-state index contributed by atoms with van der Waals surface area (Å²) in [7, 11) is 1.40. The van der Waals surface area contributed by atoms with Crippen LogP contribution >= 0.6 is 23.6 Å². The minimum absolute atomic E-state index is 0.322. The van der Waals surface area contributed by atoms with Gasteiger partial charge in [-0.3, -0.25) is 0 Å². The summed E-state index contributed by atoms with van der Waals surface area (Å²) >= 11 is 7.07. The summed E-state index contributed by atoms with van der Waals surface area (Å²) in [6, 6.07) is 1.89. The zero-order valence-electron chi connectivity index (χ0n) is 13.3. The molecular weight excluding hydrogens is 318 g/mol. The summed E-state index contributed by atoms with van der Waals surface area (Å²) in [5.74, 6) is -0.322. The number of thiophene rings is 1. The van der Waals surface area contributed by atoms with Crippen LogP contribution in [-0.4, -0.2) is 60.7 Å². The number of hydrogen-bond donors (Lipinski definition) is 1. The molecule has 0 atom stereocenters. The van der Waals surface area contributed by atoms with Crippen LogP contribution < -0.4 is 5.32 Å². The Hall–Kier alpha value is -1.18. The van der Waals surface area contributed by atoms with Crippen molar-refractivity contribution in [3.8, 4) is 0 Å². The van der Waals surface area contributed by atoms with E-state index in [1.807, 2.05) is 6.07 Å². The van der Waals surface area contributed by atoms with Crippen molar-refractivity contribution >= 4 is 39.6 Å². The summed E-state index contributed by atoms with van der Waals surface area (Å²) in [5, 5.41) is 4.71. The summed E-state index contributed by atoms with van der Waals surface area (Å²) in [5.41, 5.74) is 0.568. The third-order valence-electron chi connectivity index (χ3n) is 3.86. The van der Waals surface area contributed by atoms with Gasteiger partial charge in [0.05, 0.1) is 12.7 Å². The number of likely N-dealkylation sites (N-methyl/N-ethyl adjacent to an activating group) is 1. The number of hydrogen-bond acceptors (Lipinski definition) is 5. The molecule has 2 rings (SSSR count). The monoisotopic (exact) mass is 341 g/mol. The predicted octanol–water partition coefficient (Wildman–Crippen LogP) is 2.43. The molecule has 1 aromatic heterocycles. The van der Waals surface area contributed by atoms with Crippen LogP contribution in [0.15, 0.2) is 6.07 Å². The molecule has 0 unspecified atom stereocenters. The Kier molecular flexibility index (Phi) is 6.16. The fourth-order valence-electron chi connectivity index (χ4n) is 2.41. The zero-order chi connectivity index (χ0) is 16.1. The van der Waals surface area contributed by atoms with Crippen molar-refractivity contribution in [2.45, 2.75) is 20.3 Å². The van der Waals surface area contributed by atoms with Crippen LogP contribution in [0, 0.1) is 0 Å². The van der Waals surface area contributed by atoms with E-state index in [1.165, 1.54) is 7.11 Å². The van der Waals surface area contributed by atoms with Gasteiger partial charge in [-0.15, -0.1) is 11.3 Å². The number of carbonyl (C=O) groups is 1. The third kappa shape index (κ3) is 3.97. The SMILES string of the molecule is CCc1cc(C(=O)OC)c(NC(=S)N2CCN(CC)CC2)s1. The number of ether oxygens (including phenoxy) is 1. The first-order chi connectivity index (χ1) is 10.6. The molecule has 0 bridgehead atoms. The van der Waals surface area contributed by atoms with Gasteiger partial charge in [-0.25, -0.2) is 4.79 Å². The number of piperazine rings is 1. The molecule has 0 aromatic carbocycles. The topological polar surface area (TPSA) is 44.8 Å². The third-order valence-corrected chi connectivity index (χ3v) is 5.42. The van der Waals surface area contributed by atoms with Crippen LogP contribution in [0.2, 0.25) is 0 Å². The van der Waals surface area contributed by atoms with E-state index in [2.05, 4.69) is 29.0 Å². The van der Waals surface area contributed by atoms with Gasteiger partial charge in [0.25, 0.3) is 0 Å². The maximum absolute atomic E-state index is 11.9. The van der Waals surface area contributed by atoms with Crippen LogP contribution in [0.1, 0.15) is 29.1 Å². The number of esters is 1. The first kappa shape index (κ1) is 17.2. The molecule has 0 saturated carbocycles. The lowest BCUT2D eigenvalue weighted by Crippen LogP contribution is -2.49. The minimum Gasteiger partial charge on any atom is -0.465 e. The summed E-state index contributed by atoms with van der Waals surface area (Å²) < 4.78 is 4.85. The summed E-state index contributed by atoms with van der Waals surface area (Å²) in [6.07, 6.45) is 0.887. The quantitative estimate of drug-likeness (QED) is 0.670. The zero-order valence-corrected chi connectivity index (χ0v) is 15.0. The standard InChI is InChI=1S/C15H23N3O2S2/c1-4-11-10-12(14(19)20-3)13(22-11)16-15(21)18-8-6-17(5-2)7-9-18/h10H,4-9H2,1-3H3,(H,16,21). The van der Waals surface area contributed by atoms with Crippen molar-refractivity contribution in [1.29, 1.82) is 0 Å². The van der Waals surface area contributed by atoms with Crippen molar-refractivity contribution < 1.29 is 9.53 Å². The van der Waals surface area contributed by atoms with Gasteiger partial charge in [0, 0.05) is 31.1 Å². The molecule has 1 aliphatic rings. The minimum atomic E-state index is -0.322. The number of anilines is 1. The van der Waals surface area contributed by atoms with Crippen LogP contribution in [0.25, 0.3) is 0 Å². The van der Waals surface area contributed by atoms with E-state index >= 15 is 0 Å². The number of nitrogens with zero attached hydrogens (tertiary/aromatic N) is 2. The van der Waals surface area contributed by atoms with Crippen LogP contribution in [0.4, 0.5) is 5.00 Å². The van der Waals surface area contributed by atoms with Crippen LogP contribution in [0.3, 0.4) is 0 Å². The molecule has 5 nitrogen and oxygen atoms in total. The highest BCUT2D eigenvalue weighted by Crippen LogP contribution is 2.29. The summed E-state index contributed by atoms with van der Waals surface area (Å²) in [4.78, 5) is 17.6. The Bertz CT molecular complexity index is 537. The van der Waals surface area contributed by atoms with Gasteiger partial charge >= 0.3 is 5.97 Å². The first-order valence-corrected chi connectivity index (χ1v) is 8.80. The van der Waals surface area contributed by atoms with Crippen molar-refractivity contribution in [2.75, 3.05) is 45.2 Å². The smallest absolute Gasteiger partial charge is 0.340 e. The second-order valence-electron chi connectivity index (χ2n) is 5.15. The van der Waals surface area contributed by atoms with E-state index in [1.54, 1.807) is 11.3 Å². The van der Waals surface area contributed by atoms with Gasteiger partial charge in [0.1, 0.15) is 5.00 Å². The molecule has 1 saturated heterocycles. The van der Waals surface area contributed by atoms with Crippen LogP contribution in [-0.2, 0) is 11.2 Å². The van der Waals surface area contributed by atoms with Crippen molar-refractivity contribution in [3.05, 3.63) is 16.5 Å². The molecule has 1 N–H and O–H groups in total. The molecule has 122 valence electrons. The predicted molar refractivity (Wildman–Crippen MR) is 94.9 cm³/mol. The fourth-order valence-corrected chi connectivity index (χ4v) is 3.75. The second-order valence-corrected chi connectivity index (χ2v) is 6.68. The Morgan fingerprint density at radius 3 is 2.59 bits per heavy atom. The molecule has 0 amide bonds.